The topological polar surface area (TPSA) is 131 Å². The molecule has 0 aromatic heterocycles. The van der Waals surface area contributed by atoms with Crippen molar-refractivity contribution < 1.29 is 27.5 Å². The fraction of sp³-hybridized carbons (Fsp3) is 0.318. The molecule has 32 heavy (non-hydrogen) atoms. The largest absolute Gasteiger partial charge is 0.452 e. The number of urea groups is 1. The molecule has 0 bridgehead atoms. The summed E-state index contributed by atoms with van der Waals surface area (Å²) in [7, 11) is -3.95. The number of ether oxygens (including phenoxy) is 1. The first kappa shape index (κ1) is 24.9. The van der Waals surface area contributed by atoms with E-state index in [1.54, 1.807) is 25.1 Å². The number of anilines is 1. The molecule has 0 unspecified atom stereocenters. The van der Waals surface area contributed by atoms with E-state index >= 15 is 0 Å². The number of sulfonamides is 1. The highest BCUT2D eigenvalue weighted by Gasteiger charge is 2.20. The SMILES string of the molecule is CCCCNC(=O)NC(=O)COC(=O)c1cc(S(=O)(=O)Nc2cccc(C)c2)ccc1C. The number of benzene rings is 2. The Bertz CT molecular complexity index is 1100. The molecule has 0 saturated heterocycles. The van der Waals surface area contributed by atoms with Crippen molar-refractivity contribution in [3.8, 4) is 0 Å². The summed E-state index contributed by atoms with van der Waals surface area (Å²) in [5.74, 6) is -1.67. The fourth-order valence-electron chi connectivity index (χ4n) is 2.71. The molecule has 2 rings (SSSR count). The summed E-state index contributed by atoms with van der Waals surface area (Å²) in [5.41, 5.74) is 1.75. The highest BCUT2D eigenvalue weighted by atomic mass is 32.2. The van der Waals surface area contributed by atoms with Crippen molar-refractivity contribution in [1.29, 1.82) is 0 Å². The molecule has 172 valence electrons. The van der Waals surface area contributed by atoms with Crippen molar-refractivity contribution >= 4 is 33.6 Å². The molecule has 9 nitrogen and oxygen atoms in total. The van der Waals surface area contributed by atoms with Gasteiger partial charge in [-0.1, -0.05) is 31.5 Å². The second kappa shape index (κ2) is 11.3. The maximum absolute atomic E-state index is 12.7. The van der Waals surface area contributed by atoms with E-state index in [9.17, 15) is 22.8 Å². The van der Waals surface area contributed by atoms with E-state index in [-0.39, 0.29) is 10.5 Å². The van der Waals surface area contributed by atoms with Crippen LogP contribution in [-0.4, -0.2) is 39.5 Å². The van der Waals surface area contributed by atoms with Crippen molar-refractivity contribution in [2.75, 3.05) is 17.9 Å². The van der Waals surface area contributed by atoms with Crippen molar-refractivity contribution in [3.63, 3.8) is 0 Å². The first-order valence-corrected chi connectivity index (χ1v) is 11.6. The van der Waals surface area contributed by atoms with Gasteiger partial charge < -0.3 is 10.1 Å². The van der Waals surface area contributed by atoms with Crippen LogP contribution in [0.15, 0.2) is 47.4 Å². The van der Waals surface area contributed by atoms with Gasteiger partial charge in [-0.15, -0.1) is 0 Å². The third kappa shape index (κ3) is 7.38. The van der Waals surface area contributed by atoms with Gasteiger partial charge in [0.15, 0.2) is 6.61 Å². The van der Waals surface area contributed by atoms with Crippen molar-refractivity contribution in [2.45, 2.75) is 38.5 Å². The Morgan fingerprint density at radius 2 is 1.78 bits per heavy atom. The molecular formula is C22H27N3O6S. The van der Waals surface area contributed by atoms with Crippen molar-refractivity contribution in [1.82, 2.24) is 10.6 Å². The number of carbonyl (C=O) groups excluding carboxylic acids is 3. The number of hydrogen-bond acceptors (Lipinski definition) is 6. The molecule has 2 aromatic rings. The molecule has 0 saturated carbocycles. The minimum absolute atomic E-state index is 0.00249. The van der Waals surface area contributed by atoms with Gasteiger partial charge >= 0.3 is 12.0 Å². The number of hydrogen-bond donors (Lipinski definition) is 3. The Balaban J connectivity index is 2.04. The molecule has 0 heterocycles. The molecule has 0 spiro atoms. The van der Waals surface area contributed by atoms with Gasteiger partial charge in [0.2, 0.25) is 0 Å². The molecule has 3 N–H and O–H groups in total. The molecule has 0 atom stereocenters. The summed E-state index contributed by atoms with van der Waals surface area (Å²) in [6.45, 7) is 5.15. The van der Waals surface area contributed by atoms with Crippen LogP contribution in [0.5, 0.6) is 0 Å². The van der Waals surface area contributed by atoms with Gasteiger partial charge in [0.1, 0.15) is 0 Å². The molecule has 0 aliphatic rings. The number of carbonyl (C=O) groups is 3. The van der Waals surface area contributed by atoms with E-state index in [0.29, 0.717) is 17.8 Å². The summed E-state index contributed by atoms with van der Waals surface area (Å²) in [5, 5.41) is 4.56. The molecule has 0 aliphatic carbocycles. The van der Waals surface area contributed by atoms with Crippen LogP contribution in [0.2, 0.25) is 0 Å². The third-order valence-corrected chi connectivity index (χ3v) is 5.79. The number of aryl methyl sites for hydroxylation is 2. The molecule has 0 fully saturated rings. The maximum atomic E-state index is 12.7. The molecular weight excluding hydrogens is 434 g/mol. The lowest BCUT2D eigenvalue weighted by molar-refractivity contribution is -0.123. The normalized spacial score (nSPS) is 10.8. The number of amides is 3. The average molecular weight is 462 g/mol. The van der Waals surface area contributed by atoms with Crippen LogP contribution < -0.4 is 15.4 Å². The molecule has 0 aliphatic heterocycles. The monoisotopic (exact) mass is 461 g/mol. The Labute approximate surface area is 187 Å². The van der Waals surface area contributed by atoms with Gasteiger partial charge in [-0.05, 0) is 55.7 Å². The average Bonchev–Trinajstić information content (AvgIpc) is 2.72. The zero-order chi connectivity index (χ0) is 23.7. The predicted molar refractivity (Wildman–Crippen MR) is 120 cm³/mol. The first-order chi connectivity index (χ1) is 15.1. The second-order valence-electron chi connectivity index (χ2n) is 7.19. The highest BCUT2D eigenvalue weighted by molar-refractivity contribution is 7.92. The van der Waals surface area contributed by atoms with Crippen LogP contribution >= 0.6 is 0 Å². The number of esters is 1. The molecule has 3 amide bonds. The van der Waals surface area contributed by atoms with Crippen LogP contribution in [0.25, 0.3) is 0 Å². The van der Waals surface area contributed by atoms with Gasteiger partial charge in [-0.3, -0.25) is 14.8 Å². The van der Waals surface area contributed by atoms with Gasteiger partial charge in [-0.25, -0.2) is 18.0 Å². The van der Waals surface area contributed by atoms with Crippen LogP contribution in [0.1, 0.15) is 41.3 Å². The zero-order valence-corrected chi connectivity index (χ0v) is 19.0. The van der Waals surface area contributed by atoms with Crippen LogP contribution in [0.4, 0.5) is 10.5 Å². The number of imide groups is 1. The van der Waals surface area contributed by atoms with Gasteiger partial charge in [0.25, 0.3) is 15.9 Å². The van der Waals surface area contributed by atoms with Crippen LogP contribution in [-0.2, 0) is 19.6 Å². The Hall–Kier alpha value is -3.40. The second-order valence-corrected chi connectivity index (χ2v) is 8.87. The summed E-state index contributed by atoms with van der Waals surface area (Å²) >= 11 is 0. The van der Waals surface area contributed by atoms with Crippen LogP contribution in [0, 0.1) is 13.8 Å². The predicted octanol–water partition coefficient (Wildman–Crippen LogP) is 2.89. The van der Waals surface area contributed by atoms with E-state index in [4.69, 9.17) is 4.74 Å². The quantitative estimate of drug-likeness (QED) is 0.389. The maximum Gasteiger partial charge on any atom is 0.338 e. The van der Waals surface area contributed by atoms with Crippen LogP contribution in [0.3, 0.4) is 0 Å². The summed E-state index contributed by atoms with van der Waals surface area (Å²) in [4.78, 5) is 35.7. The summed E-state index contributed by atoms with van der Waals surface area (Å²) in [6, 6.07) is 10.2. The Morgan fingerprint density at radius 1 is 1.03 bits per heavy atom. The molecule has 0 radical (unpaired) electrons. The van der Waals surface area contributed by atoms with E-state index in [1.807, 2.05) is 19.9 Å². The van der Waals surface area contributed by atoms with E-state index in [0.717, 1.165) is 18.4 Å². The van der Waals surface area contributed by atoms with Gasteiger partial charge in [0, 0.05) is 12.2 Å². The Morgan fingerprint density at radius 3 is 2.47 bits per heavy atom. The summed E-state index contributed by atoms with van der Waals surface area (Å²) in [6.07, 6.45) is 1.66. The third-order valence-electron chi connectivity index (χ3n) is 4.41. The highest BCUT2D eigenvalue weighted by Crippen LogP contribution is 2.20. The summed E-state index contributed by atoms with van der Waals surface area (Å²) < 4.78 is 32.9. The van der Waals surface area contributed by atoms with E-state index < -0.39 is 34.5 Å². The first-order valence-electron chi connectivity index (χ1n) is 10.1. The zero-order valence-electron chi connectivity index (χ0n) is 18.2. The number of unbranched alkanes of at least 4 members (excludes halogenated alkanes) is 1. The fourth-order valence-corrected chi connectivity index (χ4v) is 3.78. The Kier molecular flexibility index (Phi) is 8.77. The molecule has 10 heteroatoms. The minimum Gasteiger partial charge on any atom is -0.452 e. The van der Waals surface area contributed by atoms with Gasteiger partial charge in [0.05, 0.1) is 10.5 Å². The number of nitrogens with one attached hydrogen (secondary N) is 3. The lowest BCUT2D eigenvalue weighted by atomic mass is 10.1. The molecule has 2 aromatic carbocycles. The minimum atomic E-state index is -3.95. The number of rotatable bonds is 9. The van der Waals surface area contributed by atoms with E-state index in [2.05, 4.69) is 15.4 Å². The van der Waals surface area contributed by atoms with E-state index in [1.165, 1.54) is 18.2 Å². The van der Waals surface area contributed by atoms with Crippen molar-refractivity contribution in [2.24, 2.45) is 0 Å². The van der Waals surface area contributed by atoms with Gasteiger partial charge in [-0.2, -0.15) is 0 Å². The van der Waals surface area contributed by atoms with Crippen molar-refractivity contribution in [3.05, 3.63) is 59.2 Å². The lowest BCUT2D eigenvalue weighted by Crippen LogP contribution is -2.41. The standard InChI is InChI=1S/C22H27N3O6S/c1-4-5-11-23-22(28)24-20(26)14-31-21(27)19-13-18(10-9-16(19)3)32(29,30)25-17-8-6-7-15(2)12-17/h6-10,12-13,25H,4-5,11,14H2,1-3H3,(H2,23,24,26,28). The smallest absolute Gasteiger partial charge is 0.338 e. The lowest BCUT2D eigenvalue weighted by Gasteiger charge is -2.12.